The fourth-order valence-corrected chi connectivity index (χ4v) is 4.28. The summed E-state index contributed by atoms with van der Waals surface area (Å²) in [5.74, 6) is 0.663. The first kappa shape index (κ1) is 23.7. The number of halogens is 1. The van der Waals surface area contributed by atoms with Gasteiger partial charge in [0.25, 0.3) is 0 Å². The summed E-state index contributed by atoms with van der Waals surface area (Å²) in [4.78, 5) is 28.8. The topological polar surface area (TPSA) is 86.4 Å². The third-order valence-corrected chi connectivity index (χ3v) is 6.40. The van der Waals surface area contributed by atoms with Crippen LogP contribution in [-0.4, -0.2) is 60.2 Å². The van der Waals surface area contributed by atoms with Gasteiger partial charge in [-0.05, 0) is 74.8 Å². The van der Waals surface area contributed by atoms with Crippen molar-refractivity contribution in [3.05, 3.63) is 66.4 Å². The predicted molar refractivity (Wildman–Crippen MR) is 139 cm³/mol. The first-order chi connectivity index (χ1) is 17.4. The van der Waals surface area contributed by atoms with Crippen LogP contribution in [0.25, 0.3) is 22.3 Å². The number of amides is 2. The highest BCUT2D eigenvalue weighted by atomic mass is 19.1. The Morgan fingerprint density at radius 1 is 1.14 bits per heavy atom. The Kier molecular flexibility index (Phi) is 6.56. The van der Waals surface area contributed by atoms with Crippen molar-refractivity contribution in [3.8, 4) is 17.0 Å². The molecule has 0 spiro atoms. The summed E-state index contributed by atoms with van der Waals surface area (Å²) in [7, 11) is 5.46. The van der Waals surface area contributed by atoms with Crippen molar-refractivity contribution >= 4 is 28.4 Å². The Balaban J connectivity index is 1.40. The molecule has 2 aromatic heterocycles. The molecule has 5 rings (SSSR count). The summed E-state index contributed by atoms with van der Waals surface area (Å²) in [6.45, 7) is 1.08. The van der Waals surface area contributed by atoms with Gasteiger partial charge in [-0.1, -0.05) is 6.07 Å². The lowest BCUT2D eigenvalue weighted by Gasteiger charge is -2.25. The molecule has 0 atom stereocenters. The Hall–Kier alpha value is -3.98. The molecule has 0 unspecified atom stereocenters. The van der Waals surface area contributed by atoms with Gasteiger partial charge in [-0.2, -0.15) is 0 Å². The van der Waals surface area contributed by atoms with Crippen LogP contribution in [0.3, 0.4) is 0 Å². The molecule has 2 amide bonds. The smallest absolute Gasteiger partial charge is 0.326 e. The largest absolute Gasteiger partial charge is 0.497 e. The number of hydrogen-bond acceptors (Lipinski definition) is 5. The van der Waals surface area contributed by atoms with Crippen LogP contribution in [0.15, 0.2) is 55.0 Å². The van der Waals surface area contributed by atoms with Gasteiger partial charge in [-0.3, -0.25) is 4.90 Å². The molecular weight excluding hydrogens is 459 g/mol. The number of aromatic amines is 1. The number of H-pyrrole nitrogens is 1. The average molecular weight is 489 g/mol. The van der Waals surface area contributed by atoms with E-state index in [0.717, 1.165) is 23.9 Å². The number of likely N-dealkylation sites (N-methyl/N-ethyl adjacent to an activating group) is 1. The van der Waals surface area contributed by atoms with E-state index in [1.165, 1.54) is 18.0 Å². The zero-order chi connectivity index (χ0) is 25.2. The second-order valence-electron chi connectivity index (χ2n) is 9.24. The quantitative estimate of drug-likeness (QED) is 0.354. The van der Waals surface area contributed by atoms with Crippen LogP contribution in [0, 0.1) is 5.82 Å². The van der Waals surface area contributed by atoms with E-state index in [-0.39, 0.29) is 5.69 Å². The number of hydrogen-bond donors (Lipinski definition) is 2. The number of rotatable bonds is 8. The Bertz CT molecular complexity index is 1380. The van der Waals surface area contributed by atoms with Crippen LogP contribution >= 0.6 is 0 Å². The molecule has 1 aliphatic carbocycles. The number of anilines is 2. The summed E-state index contributed by atoms with van der Waals surface area (Å²) >= 11 is 0. The molecule has 0 bridgehead atoms. The van der Waals surface area contributed by atoms with Crippen molar-refractivity contribution in [1.82, 2.24) is 19.9 Å². The number of carbonyl (C=O) groups is 1. The van der Waals surface area contributed by atoms with Gasteiger partial charge in [0.2, 0.25) is 0 Å². The van der Waals surface area contributed by atoms with E-state index in [1.807, 2.05) is 37.3 Å². The number of carbonyl (C=O) groups excluding carboxylic acids is 1. The van der Waals surface area contributed by atoms with Gasteiger partial charge in [-0.15, -0.1) is 0 Å². The molecule has 2 N–H and O–H groups in total. The molecule has 2 aromatic carbocycles. The van der Waals surface area contributed by atoms with Gasteiger partial charge in [0.15, 0.2) is 0 Å². The van der Waals surface area contributed by atoms with Crippen molar-refractivity contribution in [2.24, 2.45) is 0 Å². The van der Waals surface area contributed by atoms with Crippen molar-refractivity contribution in [1.29, 1.82) is 0 Å². The van der Waals surface area contributed by atoms with Crippen molar-refractivity contribution < 1.29 is 13.9 Å². The van der Waals surface area contributed by atoms with E-state index in [0.29, 0.717) is 41.7 Å². The van der Waals surface area contributed by atoms with E-state index >= 15 is 4.39 Å². The molecule has 36 heavy (non-hydrogen) atoms. The Morgan fingerprint density at radius 2 is 1.92 bits per heavy atom. The van der Waals surface area contributed by atoms with Gasteiger partial charge >= 0.3 is 6.03 Å². The lowest BCUT2D eigenvalue weighted by Crippen LogP contribution is -2.39. The molecule has 9 heteroatoms. The van der Waals surface area contributed by atoms with Crippen molar-refractivity contribution in [2.75, 3.05) is 44.5 Å². The number of aromatic nitrogens is 3. The molecule has 4 aromatic rings. The first-order valence-electron chi connectivity index (χ1n) is 11.9. The predicted octanol–water partition coefficient (Wildman–Crippen LogP) is 5.25. The highest BCUT2D eigenvalue weighted by Crippen LogP contribution is 2.45. The molecular formula is C27H29FN6O2. The molecule has 2 heterocycles. The fraction of sp³-hybridized carbons (Fsp3) is 0.296. The standard InChI is InChI=1S/C27H29FN6O2/c1-33(2)12-13-34(19-7-9-20(36-3)10-8-19)27(35)32-23-11-6-18(14-22(23)28)25-24-21(17-4-5-17)15-29-26(24)31-16-30-25/h6-11,14-17H,4-5,12-13H2,1-3H3,(H,32,35)(H,29,30,31). The minimum absolute atomic E-state index is 0.105. The van der Waals surface area contributed by atoms with E-state index in [9.17, 15) is 4.79 Å². The number of nitrogens with one attached hydrogen (secondary N) is 2. The summed E-state index contributed by atoms with van der Waals surface area (Å²) in [5.41, 5.74) is 4.04. The first-order valence-corrected chi connectivity index (χ1v) is 11.9. The van der Waals surface area contributed by atoms with Crippen LogP contribution in [0.5, 0.6) is 5.75 Å². The van der Waals surface area contributed by atoms with Crippen LogP contribution in [-0.2, 0) is 0 Å². The molecule has 186 valence electrons. The number of fused-ring (bicyclic) bond motifs is 1. The van der Waals surface area contributed by atoms with Crippen LogP contribution in [0.1, 0.15) is 24.3 Å². The average Bonchev–Trinajstić information content (AvgIpc) is 3.63. The molecule has 8 nitrogen and oxygen atoms in total. The Morgan fingerprint density at radius 3 is 2.58 bits per heavy atom. The third-order valence-electron chi connectivity index (χ3n) is 6.40. The van der Waals surface area contributed by atoms with Crippen LogP contribution < -0.4 is 15.0 Å². The SMILES string of the molecule is COc1ccc(N(CCN(C)C)C(=O)Nc2ccc(-c3ncnc4[nH]cc(C5CC5)c34)cc2F)cc1. The van der Waals surface area contributed by atoms with Crippen molar-refractivity contribution in [2.45, 2.75) is 18.8 Å². The molecule has 0 saturated heterocycles. The minimum atomic E-state index is -0.529. The summed E-state index contributed by atoms with van der Waals surface area (Å²) in [5, 5.41) is 3.67. The van der Waals surface area contributed by atoms with Gasteiger partial charge in [0.05, 0.1) is 18.5 Å². The highest BCUT2D eigenvalue weighted by molar-refractivity contribution is 6.02. The maximum atomic E-state index is 15.3. The van der Waals surface area contributed by atoms with Gasteiger partial charge in [-0.25, -0.2) is 19.2 Å². The highest BCUT2D eigenvalue weighted by Gasteiger charge is 2.28. The zero-order valence-electron chi connectivity index (χ0n) is 20.6. The van der Waals surface area contributed by atoms with E-state index < -0.39 is 11.8 Å². The summed E-state index contributed by atoms with van der Waals surface area (Å²) in [6.07, 6.45) is 5.74. The van der Waals surface area contributed by atoms with Crippen molar-refractivity contribution in [3.63, 3.8) is 0 Å². The molecule has 0 radical (unpaired) electrons. The lowest BCUT2D eigenvalue weighted by atomic mass is 10.0. The van der Waals surface area contributed by atoms with E-state index in [4.69, 9.17) is 4.74 Å². The van der Waals surface area contributed by atoms with Gasteiger partial charge < -0.3 is 19.9 Å². The van der Waals surface area contributed by atoms with E-state index in [2.05, 4.69) is 20.3 Å². The van der Waals surface area contributed by atoms with Crippen LogP contribution in [0.4, 0.5) is 20.6 Å². The monoisotopic (exact) mass is 488 g/mol. The minimum Gasteiger partial charge on any atom is -0.497 e. The fourth-order valence-electron chi connectivity index (χ4n) is 4.28. The number of benzene rings is 2. The second-order valence-corrected chi connectivity index (χ2v) is 9.24. The molecule has 1 fully saturated rings. The molecule has 0 aliphatic heterocycles. The molecule has 1 saturated carbocycles. The summed E-state index contributed by atoms with van der Waals surface area (Å²) in [6, 6.07) is 11.6. The zero-order valence-corrected chi connectivity index (χ0v) is 20.6. The third kappa shape index (κ3) is 4.87. The Labute approximate surface area is 209 Å². The number of nitrogens with zero attached hydrogens (tertiary/aromatic N) is 4. The summed E-state index contributed by atoms with van der Waals surface area (Å²) < 4.78 is 20.5. The number of ether oxygens (including phenoxy) is 1. The maximum absolute atomic E-state index is 15.3. The second kappa shape index (κ2) is 9.94. The van der Waals surface area contributed by atoms with Gasteiger partial charge in [0, 0.05) is 35.9 Å². The van der Waals surface area contributed by atoms with Gasteiger partial charge in [0.1, 0.15) is 23.5 Å². The van der Waals surface area contributed by atoms with Crippen LogP contribution in [0.2, 0.25) is 0 Å². The number of methoxy groups -OCH3 is 1. The maximum Gasteiger partial charge on any atom is 0.326 e. The lowest BCUT2D eigenvalue weighted by molar-refractivity contribution is 0.256. The van der Waals surface area contributed by atoms with E-state index in [1.54, 1.807) is 36.3 Å². The normalized spacial score (nSPS) is 13.2. The molecule has 1 aliphatic rings. The number of urea groups is 1.